The number of hydrogen-bond acceptors (Lipinski definition) is 5. The van der Waals surface area contributed by atoms with Crippen LogP contribution in [0.5, 0.6) is 11.5 Å². The first-order valence-electron chi connectivity index (χ1n) is 10.1. The Balaban J connectivity index is 1.55. The molecule has 7 heteroatoms. The lowest BCUT2D eigenvalue weighted by Crippen LogP contribution is -2.40. The molecule has 1 aliphatic carbocycles. The summed E-state index contributed by atoms with van der Waals surface area (Å²) in [6.07, 6.45) is 2.85. The maximum absolute atomic E-state index is 13.6. The molecule has 2 heterocycles. The van der Waals surface area contributed by atoms with Gasteiger partial charge in [0.25, 0.3) is 5.92 Å². The smallest absolute Gasteiger partial charge is 0.251 e. The molecule has 0 saturated carbocycles. The number of methoxy groups -OCH3 is 2. The van der Waals surface area contributed by atoms with E-state index in [-0.39, 0.29) is 12.8 Å². The topological polar surface area (TPSA) is 46.6 Å². The molecule has 0 amide bonds. The Labute approximate surface area is 170 Å². The molecule has 0 unspecified atom stereocenters. The van der Waals surface area contributed by atoms with Crippen molar-refractivity contribution in [3.63, 3.8) is 0 Å². The minimum atomic E-state index is -2.56. The Morgan fingerprint density at radius 2 is 1.90 bits per heavy atom. The van der Waals surface area contributed by atoms with E-state index in [1.165, 1.54) is 11.1 Å². The van der Waals surface area contributed by atoms with Gasteiger partial charge < -0.3 is 19.7 Å². The van der Waals surface area contributed by atoms with E-state index in [9.17, 15) is 8.78 Å². The third-order valence-corrected chi connectivity index (χ3v) is 5.82. The summed E-state index contributed by atoms with van der Waals surface area (Å²) in [6.45, 7) is 1.25. The third-order valence-electron chi connectivity index (χ3n) is 5.82. The van der Waals surface area contributed by atoms with E-state index >= 15 is 0 Å². The van der Waals surface area contributed by atoms with Gasteiger partial charge in [0.2, 0.25) is 0 Å². The van der Waals surface area contributed by atoms with Crippen molar-refractivity contribution in [1.29, 1.82) is 0 Å². The van der Waals surface area contributed by atoms with Gasteiger partial charge in [0.1, 0.15) is 23.1 Å². The minimum absolute atomic E-state index is 0.107. The summed E-state index contributed by atoms with van der Waals surface area (Å²) in [6, 6.07) is 7.81. The molecule has 0 atom stereocenters. The van der Waals surface area contributed by atoms with E-state index in [0.717, 1.165) is 48.0 Å². The van der Waals surface area contributed by atoms with Crippen molar-refractivity contribution in [2.24, 2.45) is 0 Å². The first kappa shape index (κ1) is 19.7. The number of benzene rings is 1. The zero-order valence-electron chi connectivity index (χ0n) is 16.9. The number of nitrogens with zero attached hydrogens (tertiary/aromatic N) is 2. The van der Waals surface area contributed by atoms with Gasteiger partial charge in [-0.25, -0.2) is 13.8 Å². The number of hydrogen-bond donors (Lipinski definition) is 1. The van der Waals surface area contributed by atoms with E-state index < -0.39 is 5.92 Å². The summed E-state index contributed by atoms with van der Waals surface area (Å²) in [5, 5.41) is 3.39. The van der Waals surface area contributed by atoms with Gasteiger partial charge in [-0.3, -0.25) is 0 Å². The van der Waals surface area contributed by atoms with Gasteiger partial charge in [-0.2, -0.15) is 0 Å². The summed E-state index contributed by atoms with van der Waals surface area (Å²) in [5.41, 5.74) is 3.49. The first-order valence-corrected chi connectivity index (χ1v) is 10.1. The highest BCUT2D eigenvalue weighted by atomic mass is 19.3. The largest absolute Gasteiger partial charge is 0.497 e. The number of piperidine rings is 1. The molecule has 29 heavy (non-hydrogen) atoms. The molecule has 1 saturated heterocycles. The number of ether oxygens (including phenoxy) is 2. The monoisotopic (exact) mass is 403 g/mol. The Morgan fingerprint density at radius 3 is 2.62 bits per heavy atom. The molecule has 4 rings (SSSR count). The predicted molar refractivity (Wildman–Crippen MR) is 110 cm³/mol. The summed E-state index contributed by atoms with van der Waals surface area (Å²) in [7, 11) is 3.26. The maximum Gasteiger partial charge on any atom is 0.251 e. The molecule has 1 aromatic carbocycles. The van der Waals surface area contributed by atoms with Crippen LogP contribution in [-0.4, -0.2) is 38.2 Å². The summed E-state index contributed by atoms with van der Waals surface area (Å²) in [5.74, 6) is 0.581. The number of alkyl halides is 2. The third kappa shape index (κ3) is 4.23. The number of aromatic nitrogens is 1. The fraction of sp³-hybridized carbons (Fsp3) is 0.500. The fourth-order valence-electron chi connectivity index (χ4n) is 4.14. The molecule has 0 bridgehead atoms. The second kappa shape index (κ2) is 8.05. The summed E-state index contributed by atoms with van der Waals surface area (Å²) >= 11 is 0. The number of fused-ring (bicyclic) bond motifs is 1. The molecule has 2 aromatic rings. The van der Waals surface area contributed by atoms with Crippen LogP contribution in [0.4, 0.5) is 20.4 Å². The van der Waals surface area contributed by atoms with E-state index in [2.05, 4.69) is 11.4 Å². The molecule has 0 spiro atoms. The number of halogens is 2. The van der Waals surface area contributed by atoms with Crippen molar-refractivity contribution in [2.45, 2.75) is 44.6 Å². The van der Waals surface area contributed by atoms with E-state index in [0.29, 0.717) is 19.6 Å². The standard InChI is InChI=1S/C22H27F2N3O2/c1-28-17-7-6-16(19(13-17)29-2)14-25-20-12-15-4-3-5-18(15)21(26-20)27-10-8-22(23,24)9-11-27/h6-7,12-13H,3-5,8-11,14H2,1-2H3,(H,25,26). The molecule has 2 aliphatic rings. The van der Waals surface area contributed by atoms with Crippen LogP contribution in [0, 0.1) is 0 Å². The molecule has 5 nitrogen and oxygen atoms in total. The first-order chi connectivity index (χ1) is 14.0. The molecule has 1 fully saturated rings. The molecular weight excluding hydrogens is 376 g/mol. The predicted octanol–water partition coefficient (Wildman–Crippen LogP) is 4.44. The van der Waals surface area contributed by atoms with Gasteiger partial charge in [0, 0.05) is 44.1 Å². The molecular formula is C22H27F2N3O2. The highest BCUT2D eigenvalue weighted by Crippen LogP contribution is 2.36. The van der Waals surface area contributed by atoms with Gasteiger partial charge in [0.05, 0.1) is 14.2 Å². The normalized spacial score (nSPS) is 17.7. The Kier molecular flexibility index (Phi) is 5.48. The molecule has 1 N–H and O–H groups in total. The van der Waals surface area contributed by atoms with Crippen molar-refractivity contribution >= 4 is 11.6 Å². The van der Waals surface area contributed by atoms with Crippen LogP contribution in [0.15, 0.2) is 24.3 Å². The Morgan fingerprint density at radius 1 is 1.10 bits per heavy atom. The Hall–Kier alpha value is -2.57. The van der Waals surface area contributed by atoms with Gasteiger partial charge in [-0.15, -0.1) is 0 Å². The van der Waals surface area contributed by atoms with Gasteiger partial charge in [0.15, 0.2) is 0 Å². The average molecular weight is 403 g/mol. The Bertz CT molecular complexity index is 879. The highest BCUT2D eigenvalue weighted by molar-refractivity contribution is 5.59. The molecule has 1 aliphatic heterocycles. The van der Waals surface area contributed by atoms with Gasteiger partial charge in [-0.1, -0.05) is 0 Å². The SMILES string of the molecule is COc1ccc(CNc2cc3c(c(N4CCC(F)(F)CC4)n2)CCC3)c(OC)c1. The van der Waals surface area contributed by atoms with Crippen LogP contribution in [0.1, 0.15) is 36.0 Å². The van der Waals surface area contributed by atoms with Gasteiger partial charge in [-0.05, 0) is 48.6 Å². The van der Waals surface area contributed by atoms with Crippen LogP contribution in [0.2, 0.25) is 0 Å². The zero-order chi connectivity index (χ0) is 20.4. The molecule has 1 aromatic heterocycles. The fourth-order valence-corrected chi connectivity index (χ4v) is 4.14. The number of anilines is 2. The van der Waals surface area contributed by atoms with Crippen LogP contribution in [-0.2, 0) is 19.4 Å². The van der Waals surface area contributed by atoms with Crippen LogP contribution in [0.3, 0.4) is 0 Å². The van der Waals surface area contributed by atoms with Crippen LogP contribution >= 0.6 is 0 Å². The summed E-state index contributed by atoms with van der Waals surface area (Å²) < 4.78 is 37.9. The zero-order valence-corrected chi connectivity index (χ0v) is 16.9. The molecule has 156 valence electrons. The van der Waals surface area contributed by atoms with Gasteiger partial charge >= 0.3 is 0 Å². The second-order valence-corrected chi connectivity index (χ2v) is 7.70. The van der Waals surface area contributed by atoms with E-state index in [1.807, 2.05) is 23.1 Å². The van der Waals surface area contributed by atoms with Crippen molar-refractivity contribution in [2.75, 3.05) is 37.5 Å². The lowest BCUT2D eigenvalue weighted by Gasteiger charge is -2.34. The lowest BCUT2D eigenvalue weighted by molar-refractivity contribution is -0.0221. The lowest BCUT2D eigenvalue weighted by atomic mass is 10.1. The van der Waals surface area contributed by atoms with Crippen molar-refractivity contribution in [1.82, 2.24) is 4.98 Å². The minimum Gasteiger partial charge on any atom is -0.497 e. The average Bonchev–Trinajstić information content (AvgIpc) is 3.20. The highest BCUT2D eigenvalue weighted by Gasteiger charge is 2.35. The number of aryl methyl sites for hydroxylation is 1. The van der Waals surface area contributed by atoms with E-state index in [4.69, 9.17) is 14.5 Å². The van der Waals surface area contributed by atoms with Crippen LogP contribution in [0.25, 0.3) is 0 Å². The van der Waals surface area contributed by atoms with Crippen LogP contribution < -0.4 is 19.7 Å². The summed E-state index contributed by atoms with van der Waals surface area (Å²) in [4.78, 5) is 6.85. The van der Waals surface area contributed by atoms with E-state index in [1.54, 1.807) is 14.2 Å². The van der Waals surface area contributed by atoms with Crippen molar-refractivity contribution in [3.8, 4) is 11.5 Å². The van der Waals surface area contributed by atoms with Crippen molar-refractivity contribution in [3.05, 3.63) is 41.0 Å². The van der Waals surface area contributed by atoms with Crippen molar-refractivity contribution < 1.29 is 18.3 Å². The maximum atomic E-state index is 13.6. The quantitative estimate of drug-likeness (QED) is 0.773. The number of pyridine rings is 1. The number of nitrogens with one attached hydrogen (secondary N) is 1. The second-order valence-electron chi connectivity index (χ2n) is 7.70. The molecule has 0 radical (unpaired) electrons. The number of rotatable bonds is 6.